The van der Waals surface area contributed by atoms with Crippen molar-refractivity contribution in [2.75, 3.05) is 5.32 Å². The van der Waals surface area contributed by atoms with Crippen LogP contribution >= 0.6 is 12.2 Å². The Kier molecular flexibility index (Phi) is 5.03. The number of carbonyl (C=O) groups is 1. The van der Waals surface area contributed by atoms with E-state index in [4.69, 9.17) is 18.0 Å². The molecule has 2 amide bonds. The zero-order chi connectivity index (χ0) is 13.7. The van der Waals surface area contributed by atoms with E-state index in [9.17, 15) is 9.18 Å². The lowest BCUT2D eigenvalue weighted by atomic mass is 10.1. The molecule has 0 saturated heterocycles. The van der Waals surface area contributed by atoms with Crippen LogP contribution in [0.4, 0.5) is 14.9 Å². The predicted molar refractivity (Wildman–Crippen MR) is 74.0 cm³/mol. The molecule has 4 N–H and O–H groups in total. The van der Waals surface area contributed by atoms with E-state index in [1.54, 1.807) is 6.07 Å². The van der Waals surface area contributed by atoms with Crippen LogP contribution in [0.2, 0.25) is 0 Å². The van der Waals surface area contributed by atoms with Gasteiger partial charge in [0.2, 0.25) is 0 Å². The first-order valence-corrected chi connectivity index (χ1v) is 5.93. The van der Waals surface area contributed by atoms with Gasteiger partial charge in [-0.05, 0) is 24.1 Å². The van der Waals surface area contributed by atoms with E-state index in [0.29, 0.717) is 5.69 Å². The number of urea groups is 1. The maximum absolute atomic E-state index is 12.9. The molecule has 0 fully saturated rings. The number of carbonyl (C=O) groups excluding carboxylic acids is 1. The first-order chi connectivity index (χ1) is 8.40. The minimum Gasteiger partial charge on any atom is -0.392 e. The molecule has 1 rings (SSSR count). The summed E-state index contributed by atoms with van der Waals surface area (Å²) in [6.45, 7) is 3.79. The van der Waals surface area contributed by atoms with Gasteiger partial charge >= 0.3 is 6.03 Å². The van der Waals surface area contributed by atoms with Crippen LogP contribution in [0.5, 0.6) is 0 Å². The molecule has 0 aliphatic rings. The number of hydrogen-bond donors (Lipinski definition) is 3. The molecule has 0 spiro atoms. The summed E-state index contributed by atoms with van der Waals surface area (Å²) in [5, 5.41) is 5.16. The third-order valence-electron chi connectivity index (χ3n) is 2.34. The Balaban J connectivity index is 2.63. The van der Waals surface area contributed by atoms with Crippen molar-refractivity contribution in [3.05, 3.63) is 30.1 Å². The first kappa shape index (κ1) is 14.4. The molecule has 1 aromatic carbocycles. The number of rotatable bonds is 4. The lowest BCUT2D eigenvalue weighted by Crippen LogP contribution is -2.48. The number of thiocarbonyl (C=S) groups is 1. The van der Waals surface area contributed by atoms with Gasteiger partial charge in [-0.2, -0.15) is 0 Å². The van der Waals surface area contributed by atoms with E-state index in [1.807, 2.05) is 13.8 Å². The Morgan fingerprint density at radius 3 is 2.61 bits per heavy atom. The highest BCUT2D eigenvalue weighted by Crippen LogP contribution is 2.09. The SMILES string of the molecule is CC(C)C(NC(=O)Nc1cccc(F)c1)C(N)=S. The van der Waals surface area contributed by atoms with E-state index in [-0.39, 0.29) is 10.9 Å². The van der Waals surface area contributed by atoms with Crippen LogP contribution in [0, 0.1) is 11.7 Å². The lowest BCUT2D eigenvalue weighted by molar-refractivity contribution is 0.248. The Morgan fingerprint density at radius 1 is 1.44 bits per heavy atom. The fourth-order valence-electron chi connectivity index (χ4n) is 1.44. The molecule has 98 valence electrons. The standard InChI is InChI=1S/C12H16FN3OS/c1-7(2)10(11(14)18)16-12(17)15-9-5-3-4-8(13)6-9/h3-7,10H,1-2H3,(H2,14,18)(H2,15,16,17). The van der Waals surface area contributed by atoms with E-state index < -0.39 is 17.9 Å². The molecule has 1 unspecified atom stereocenters. The molecule has 0 heterocycles. The molecular weight excluding hydrogens is 253 g/mol. The summed E-state index contributed by atoms with van der Waals surface area (Å²) in [6, 6.07) is 4.77. The van der Waals surface area contributed by atoms with Gasteiger partial charge in [0, 0.05) is 5.69 Å². The quantitative estimate of drug-likeness (QED) is 0.734. The van der Waals surface area contributed by atoms with Crippen LogP contribution in [0.25, 0.3) is 0 Å². The van der Waals surface area contributed by atoms with E-state index in [0.717, 1.165) is 0 Å². The van der Waals surface area contributed by atoms with Crippen molar-refractivity contribution in [2.24, 2.45) is 11.7 Å². The Hall–Kier alpha value is -1.69. The summed E-state index contributed by atoms with van der Waals surface area (Å²) < 4.78 is 12.9. The molecule has 0 aromatic heterocycles. The second kappa shape index (κ2) is 6.30. The van der Waals surface area contributed by atoms with Crippen molar-refractivity contribution in [1.82, 2.24) is 5.32 Å². The Bertz CT molecular complexity index is 451. The van der Waals surface area contributed by atoms with Crippen molar-refractivity contribution in [3.8, 4) is 0 Å². The van der Waals surface area contributed by atoms with Crippen LogP contribution in [-0.2, 0) is 0 Å². The molecule has 1 atom stereocenters. The Labute approximate surface area is 111 Å². The van der Waals surface area contributed by atoms with Gasteiger partial charge in [0.15, 0.2) is 0 Å². The van der Waals surface area contributed by atoms with Gasteiger partial charge in [-0.3, -0.25) is 0 Å². The van der Waals surface area contributed by atoms with Crippen molar-refractivity contribution >= 4 is 28.9 Å². The molecule has 0 saturated carbocycles. The largest absolute Gasteiger partial charge is 0.392 e. The van der Waals surface area contributed by atoms with Crippen LogP contribution in [0.15, 0.2) is 24.3 Å². The van der Waals surface area contributed by atoms with Crippen LogP contribution in [0.3, 0.4) is 0 Å². The average molecular weight is 269 g/mol. The third-order valence-corrected chi connectivity index (χ3v) is 2.60. The van der Waals surface area contributed by atoms with Gasteiger partial charge in [0.05, 0.1) is 11.0 Å². The minimum absolute atomic E-state index is 0.0840. The lowest BCUT2D eigenvalue weighted by Gasteiger charge is -2.21. The zero-order valence-corrected chi connectivity index (χ0v) is 11.1. The van der Waals surface area contributed by atoms with Crippen molar-refractivity contribution in [2.45, 2.75) is 19.9 Å². The number of hydrogen-bond acceptors (Lipinski definition) is 2. The van der Waals surface area contributed by atoms with Gasteiger partial charge in [-0.15, -0.1) is 0 Å². The van der Waals surface area contributed by atoms with Gasteiger partial charge in [0.25, 0.3) is 0 Å². The van der Waals surface area contributed by atoms with Crippen molar-refractivity contribution in [1.29, 1.82) is 0 Å². The van der Waals surface area contributed by atoms with Crippen LogP contribution < -0.4 is 16.4 Å². The monoisotopic (exact) mass is 269 g/mol. The number of nitrogens with one attached hydrogen (secondary N) is 2. The fourth-order valence-corrected chi connectivity index (χ4v) is 1.77. The second-order valence-electron chi connectivity index (χ2n) is 4.23. The Morgan fingerprint density at radius 2 is 2.11 bits per heavy atom. The zero-order valence-electron chi connectivity index (χ0n) is 10.2. The molecule has 0 radical (unpaired) electrons. The highest BCUT2D eigenvalue weighted by atomic mass is 32.1. The minimum atomic E-state index is -0.466. The van der Waals surface area contributed by atoms with Crippen molar-refractivity contribution < 1.29 is 9.18 Å². The molecule has 18 heavy (non-hydrogen) atoms. The van der Waals surface area contributed by atoms with Gasteiger partial charge in [-0.1, -0.05) is 32.1 Å². The highest BCUT2D eigenvalue weighted by Gasteiger charge is 2.18. The van der Waals surface area contributed by atoms with E-state index in [2.05, 4.69) is 10.6 Å². The second-order valence-corrected chi connectivity index (χ2v) is 4.70. The molecular formula is C12H16FN3OS. The number of halogens is 1. The highest BCUT2D eigenvalue weighted by molar-refractivity contribution is 7.80. The van der Waals surface area contributed by atoms with Crippen LogP contribution in [-0.4, -0.2) is 17.1 Å². The van der Waals surface area contributed by atoms with Gasteiger partial charge in [-0.25, -0.2) is 9.18 Å². The summed E-state index contributed by atoms with van der Waals surface area (Å²) in [5.74, 6) is -0.330. The van der Waals surface area contributed by atoms with E-state index >= 15 is 0 Å². The first-order valence-electron chi connectivity index (χ1n) is 5.52. The molecule has 4 nitrogen and oxygen atoms in total. The summed E-state index contributed by atoms with van der Waals surface area (Å²) in [6.07, 6.45) is 0. The maximum Gasteiger partial charge on any atom is 0.319 e. The van der Waals surface area contributed by atoms with Gasteiger partial charge in [0.1, 0.15) is 5.82 Å². The smallest absolute Gasteiger partial charge is 0.319 e. The number of benzene rings is 1. The summed E-state index contributed by atoms with van der Waals surface area (Å²) in [5.41, 5.74) is 5.91. The topological polar surface area (TPSA) is 67.2 Å². The van der Waals surface area contributed by atoms with Gasteiger partial charge < -0.3 is 16.4 Å². The van der Waals surface area contributed by atoms with Crippen molar-refractivity contribution in [3.63, 3.8) is 0 Å². The third kappa shape index (κ3) is 4.29. The molecule has 6 heteroatoms. The number of anilines is 1. The summed E-state index contributed by atoms with van der Waals surface area (Å²) >= 11 is 4.87. The average Bonchev–Trinajstić information content (AvgIpc) is 2.25. The molecule has 0 aliphatic carbocycles. The number of amides is 2. The molecule has 1 aromatic rings. The summed E-state index contributed by atoms with van der Waals surface area (Å²) in [4.78, 5) is 11.9. The van der Waals surface area contributed by atoms with Crippen LogP contribution in [0.1, 0.15) is 13.8 Å². The normalized spacial score (nSPS) is 12.0. The molecule has 0 aliphatic heterocycles. The van der Waals surface area contributed by atoms with E-state index in [1.165, 1.54) is 18.2 Å². The number of nitrogens with two attached hydrogens (primary N) is 1. The fraction of sp³-hybridized carbons (Fsp3) is 0.333. The molecule has 0 bridgehead atoms. The maximum atomic E-state index is 12.9. The summed E-state index contributed by atoms with van der Waals surface area (Å²) in [7, 11) is 0. The predicted octanol–water partition coefficient (Wildman–Crippen LogP) is 2.26.